The van der Waals surface area contributed by atoms with E-state index in [0.717, 1.165) is 22.7 Å². The maximum absolute atomic E-state index is 13.1. The van der Waals surface area contributed by atoms with Crippen LogP contribution in [0.1, 0.15) is 19.4 Å². The number of carboxylic acid groups (broad SMARTS) is 1. The molecule has 0 bridgehead atoms. The molecule has 0 aliphatic carbocycles. The Labute approximate surface area is 178 Å². The number of sulfonamides is 1. The predicted octanol–water partition coefficient (Wildman–Crippen LogP) is 3.22. The second kappa shape index (κ2) is 8.47. The zero-order valence-corrected chi connectivity index (χ0v) is 18.6. The highest BCUT2D eigenvalue weighted by atomic mass is 35.5. The number of aliphatic carboxylic acids is 1. The number of benzene rings is 2. The first kappa shape index (κ1) is 21.8. The number of hydrogen-bond donors (Lipinski definition) is 0. The average molecular weight is 452 g/mol. The van der Waals surface area contributed by atoms with Crippen molar-refractivity contribution in [1.82, 2.24) is 9.29 Å². The summed E-state index contributed by atoms with van der Waals surface area (Å²) < 4.78 is 27.5. The van der Waals surface area contributed by atoms with Crippen LogP contribution in [0.3, 0.4) is 0 Å². The Kier molecular flexibility index (Phi) is 6.38. The molecule has 0 fully saturated rings. The molecule has 0 aliphatic heterocycles. The van der Waals surface area contributed by atoms with E-state index in [0.29, 0.717) is 34.4 Å². The van der Waals surface area contributed by atoms with Crippen LogP contribution in [0.15, 0.2) is 40.1 Å². The molecule has 0 N–H and O–H groups in total. The molecule has 9 heteroatoms. The fourth-order valence-electron chi connectivity index (χ4n) is 3.21. The summed E-state index contributed by atoms with van der Waals surface area (Å²) in [5.74, 6) is -1.46. The Bertz CT molecular complexity index is 1210. The van der Waals surface area contributed by atoms with Crippen molar-refractivity contribution < 1.29 is 18.3 Å². The summed E-state index contributed by atoms with van der Waals surface area (Å²) in [6, 6.07) is 8.69. The zero-order chi connectivity index (χ0) is 21.3. The summed E-state index contributed by atoms with van der Waals surface area (Å²) in [6.07, 6.45) is 0. The van der Waals surface area contributed by atoms with Crippen molar-refractivity contribution in [2.24, 2.45) is 0 Å². The minimum Gasteiger partial charge on any atom is -0.549 e. The Morgan fingerprint density at radius 2 is 1.79 bits per heavy atom. The van der Waals surface area contributed by atoms with Crippen molar-refractivity contribution in [2.45, 2.75) is 30.6 Å². The van der Waals surface area contributed by atoms with E-state index in [1.54, 1.807) is 13.8 Å². The summed E-state index contributed by atoms with van der Waals surface area (Å²) in [5, 5.41) is 12.5. The highest BCUT2D eigenvalue weighted by molar-refractivity contribution is 8.00. The molecule has 0 aliphatic rings. The lowest BCUT2D eigenvalue weighted by Gasteiger charge is -2.20. The van der Waals surface area contributed by atoms with Gasteiger partial charge in [-0.25, -0.2) is 13.4 Å². The fourth-order valence-corrected chi connectivity index (χ4v) is 6.09. The minimum atomic E-state index is -3.80. The maximum atomic E-state index is 13.1. The fraction of sp³-hybridized carbons (Fsp3) is 0.300. The van der Waals surface area contributed by atoms with Crippen LogP contribution in [0.2, 0.25) is 5.02 Å². The molecule has 2 aromatic carbocycles. The van der Waals surface area contributed by atoms with Gasteiger partial charge in [-0.1, -0.05) is 37.1 Å². The molecular weight excluding hydrogens is 432 g/mol. The number of aromatic nitrogens is 1. The number of carboxylic acids is 1. The Hall–Kier alpha value is -1.87. The number of halogens is 1. The first-order valence-corrected chi connectivity index (χ1v) is 11.9. The van der Waals surface area contributed by atoms with Gasteiger partial charge in [0.15, 0.2) is 0 Å². The van der Waals surface area contributed by atoms with Gasteiger partial charge in [0.25, 0.3) is 0 Å². The van der Waals surface area contributed by atoms with E-state index >= 15 is 0 Å². The number of aryl methyl sites for hydroxylation is 1. The number of pyridine rings is 1. The standard InChI is InChI=1S/C20H21ClN2O4S2/c1-4-23(5-2)29(26,27)18-9-14-17(10-15(18)21)22-16-7-6-12(3)8-13(16)20(14)28-11-19(24)25/h6-10H,4-5,11H2,1-3H3,(H,24,25)/p-1. The third-order valence-corrected chi connectivity index (χ3v) is 8.21. The van der Waals surface area contributed by atoms with Crippen molar-refractivity contribution in [2.75, 3.05) is 18.8 Å². The number of thioether (sulfide) groups is 1. The first-order chi connectivity index (χ1) is 13.7. The van der Waals surface area contributed by atoms with Gasteiger partial charge in [-0.3, -0.25) is 0 Å². The Morgan fingerprint density at radius 3 is 2.41 bits per heavy atom. The average Bonchev–Trinajstić information content (AvgIpc) is 2.65. The molecule has 154 valence electrons. The van der Waals surface area contributed by atoms with Crippen LogP contribution in [-0.4, -0.2) is 42.5 Å². The van der Waals surface area contributed by atoms with Crippen LogP contribution in [0.25, 0.3) is 21.8 Å². The van der Waals surface area contributed by atoms with E-state index in [4.69, 9.17) is 11.6 Å². The topological polar surface area (TPSA) is 90.4 Å². The second-order valence-corrected chi connectivity index (χ2v) is 9.81. The first-order valence-electron chi connectivity index (χ1n) is 9.05. The van der Waals surface area contributed by atoms with E-state index in [2.05, 4.69) is 4.98 Å². The van der Waals surface area contributed by atoms with E-state index in [9.17, 15) is 18.3 Å². The molecule has 1 aromatic heterocycles. The molecule has 0 spiro atoms. The second-order valence-electron chi connectivity index (χ2n) is 6.51. The van der Waals surface area contributed by atoms with Gasteiger partial charge in [-0.15, -0.1) is 11.8 Å². The van der Waals surface area contributed by atoms with Crippen molar-refractivity contribution in [1.29, 1.82) is 0 Å². The van der Waals surface area contributed by atoms with Gasteiger partial charge >= 0.3 is 0 Å². The molecular formula is C20H20ClN2O4S2-. The van der Waals surface area contributed by atoms with Crippen LogP contribution in [0.4, 0.5) is 0 Å². The monoisotopic (exact) mass is 451 g/mol. The summed E-state index contributed by atoms with van der Waals surface area (Å²) in [4.78, 5) is 16.3. The predicted molar refractivity (Wildman–Crippen MR) is 115 cm³/mol. The summed E-state index contributed by atoms with van der Waals surface area (Å²) >= 11 is 7.43. The van der Waals surface area contributed by atoms with Crippen LogP contribution in [0.5, 0.6) is 0 Å². The van der Waals surface area contributed by atoms with Gasteiger partial charge in [-0.2, -0.15) is 4.31 Å². The van der Waals surface area contributed by atoms with Crippen LogP contribution >= 0.6 is 23.4 Å². The maximum Gasteiger partial charge on any atom is 0.244 e. The lowest BCUT2D eigenvalue weighted by Crippen LogP contribution is -2.30. The van der Waals surface area contributed by atoms with E-state index in [1.807, 2.05) is 25.1 Å². The van der Waals surface area contributed by atoms with E-state index in [-0.39, 0.29) is 15.7 Å². The van der Waals surface area contributed by atoms with Crippen molar-refractivity contribution >= 4 is 61.2 Å². The molecule has 1 heterocycles. The molecule has 0 saturated carbocycles. The third kappa shape index (κ3) is 4.21. The van der Waals surface area contributed by atoms with Crippen LogP contribution in [0, 0.1) is 6.92 Å². The van der Waals surface area contributed by atoms with Crippen LogP contribution < -0.4 is 5.11 Å². The van der Waals surface area contributed by atoms with Gasteiger partial charge in [0.1, 0.15) is 4.90 Å². The van der Waals surface area contributed by atoms with Gasteiger partial charge in [0.2, 0.25) is 10.0 Å². The molecule has 3 rings (SSSR count). The van der Waals surface area contributed by atoms with Crippen molar-refractivity contribution in [3.8, 4) is 0 Å². The highest BCUT2D eigenvalue weighted by Crippen LogP contribution is 2.38. The normalized spacial score (nSPS) is 12.2. The number of fused-ring (bicyclic) bond motifs is 2. The Morgan fingerprint density at radius 1 is 1.14 bits per heavy atom. The Balaban J connectivity index is 2.36. The number of carbonyl (C=O) groups is 1. The number of rotatable bonds is 7. The molecule has 29 heavy (non-hydrogen) atoms. The summed E-state index contributed by atoms with van der Waals surface area (Å²) in [7, 11) is -3.80. The molecule has 0 radical (unpaired) electrons. The third-order valence-electron chi connectivity index (χ3n) is 4.59. The van der Waals surface area contributed by atoms with E-state index in [1.165, 1.54) is 16.4 Å². The van der Waals surface area contributed by atoms with Gasteiger partial charge in [-0.05, 0) is 31.2 Å². The largest absolute Gasteiger partial charge is 0.549 e. The van der Waals surface area contributed by atoms with E-state index < -0.39 is 16.0 Å². The SMILES string of the molecule is CCN(CC)S(=O)(=O)c1cc2c(SCC(=O)[O-])c3cc(C)ccc3nc2cc1Cl. The van der Waals surface area contributed by atoms with Gasteiger partial charge < -0.3 is 9.90 Å². The molecule has 0 amide bonds. The summed E-state index contributed by atoms with van der Waals surface area (Å²) in [6.45, 7) is 6.07. The minimum absolute atomic E-state index is 0.0144. The summed E-state index contributed by atoms with van der Waals surface area (Å²) in [5.41, 5.74) is 2.17. The smallest absolute Gasteiger partial charge is 0.244 e. The zero-order valence-electron chi connectivity index (χ0n) is 16.2. The highest BCUT2D eigenvalue weighted by Gasteiger charge is 2.26. The lowest BCUT2D eigenvalue weighted by atomic mass is 10.1. The quantitative estimate of drug-likeness (QED) is 0.404. The van der Waals surface area contributed by atoms with Crippen molar-refractivity contribution in [3.63, 3.8) is 0 Å². The molecule has 0 atom stereocenters. The van der Waals surface area contributed by atoms with Gasteiger partial charge in [0.05, 0.1) is 22.0 Å². The lowest BCUT2D eigenvalue weighted by molar-refractivity contribution is -0.301. The van der Waals surface area contributed by atoms with Gasteiger partial charge in [0, 0.05) is 34.5 Å². The molecule has 0 unspecified atom stereocenters. The number of nitrogens with zero attached hydrogens (tertiary/aromatic N) is 2. The number of hydrogen-bond acceptors (Lipinski definition) is 6. The molecule has 6 nitrogen and oxygen atoms in total. The molecule has 3 aromatic rings. The van der Waals surface area contributed by atoms with Crippen molar-refractivity contribution in [3.05, 3.63) is 40.9 Å². The number of carbonyl (C=O) groups excluding carboxylic acids is 1. The van der Waals surface area contributed by atoms with Crippen LogP contribution in [-0.2, 0) is 14.8 Å². The molecule has 0 saturated heterocycles.